The number of nitrogens with zero attached hydrogens (tertiary/aromatic N) is 2. The fourth-order valence-electron chi connectivity index (χ4n) is 2.23. The van der Waals surface area contributed by atoms with Gasteiger partial charge in [0.05, 0.1) is 10.6 Å². The fraction of sp³-hybridized carbons (Fsp3) is 0.133. The molecular formula is C15H13FN2O2S. The minimum atomic E-state index is -3.25. The van der Waals surface area contributed by atoms with Gasteiger partial charge in [-0.15, -0.1) is 0 Å². The minimum absolute atomic E-state index is 0.214. The van der Waals surface area contributed by atoms with Gasteiger partial charge >= 0.3 is 0 Å². The molecule has 0 aliphatic rings. The van der Waals surface area contributed by atoms with Gasteiger partial charge in [0.1, 0.15) is 11.5 Å². The number of pyridine rings is 1. The highest BCUT2D eigenvalue weighted by molar-refractivity contribution is 7.90. The molecule has 0 aliphatic carbocycles. The Hall–Kier alpha value is -2.21. The van der Waals surface area contributed by atoms with Crippen molar-refractivity contribution in [1.82, 2.24) is 9.38 Å². The van der Waals surface area contributed by atoms with Crippen molar-refractivity contribution >= 4 is 15.5 Å². The van der Waals surface area contributed by atoms with Gasteiger partial charge < -0.3 is 4.40 Å². The standard InChI is InChI=1S/C15H13FN2O2S/c1-10-8-18-9-13(14(16)7-15(18)17-10)11-3-5-12(6-4-11)21(2,19)20/h3-9H,1-2H3. The maximum Gasteiger partial charge on any atom is 0.175 e. The molecule has 0 saturated heterocycles. The summed E-state index contributed by atoms with van der Waals surface area (Å²) >= 11 is 0. The maximum absolute atomic E-state index is 14.2. The lowest BCUT2D eigenvalue weighted by Gasteiger charge is -2.06. The largest absolute Gasteiger partial charge is 0.306 e. The molecule has 2 aromatic heterocycles. The SMILES string of the molecule is Cc1cn2cc(-c3ccc(S(C)(=O)=O)cc3)c(F)cc2n1. The summed E-state index contributed by atoms with van der Waals surface area (Å²) in [5, 5.41) is 0. The number of benzene rings is 1. The van der Waals surface area contributed by atoms with Crippen molar-refractivity contribution in [3.8, 4) is 11.1 Å². The van der Waals surface area contributed by atoms with Gasteiger partial charge in [-0.25, -0.2) is 17.8 Å². The van der Waals surface area contributed by atoms with Crippen LogP contribution in [-0.4, -0.2) is 24.1 Å². The highest BCUT2D eigenvalue weighted by Gasteiger charge is 2.11. The van der Waals surface area contributed by atoms with Crippen LogP contribution in [0.25, 0.3) is 16.8 Å². The molecule has 0 amide bonds. The Labute approximate surface area is 121 Å². The van der Waals surface area contributed by atoms with Crippen LogP contribution in [0.3, 0.4) is 0 Å². The van der Waals surface area contributed by atoms with Gasteiger partial charge in [-0.05, 0) is 24.6 Å². The molecule has 0 fully saturated rings. The molecule has 0 spiro atoms. The van der Waals surface area contributed by atoms with Crippen molar-refractivity contribution < 1.29 is 12.8 Å². The molecule has 4 nitrogen and oxygen atoms in total. The highest BCUT2D eigenvalue weighted by atomic mass is 32.2. The van der Waals surface area contributed by atoms with Crippen molar-refractivity contribution in [3.63, 3.8) is 0 Å². The van der Waals surface area contributed by atoms with Crippen molar-refractivity contribution in [2.24, 2.45) is 0 Å². The molecule has 6 heteroatoms. The van der Waals surface area contributed by atoms with E-state index in [0.717, 1.165) is 11.9 Å². The van der Waals surface area contributed by atoms with Crippen LogP contribution in [0.15, 0.2) is 47.6 Å². The molecule has 0 unspecified atom stereocenters. The van der Waals surface area contributed by atoms with Crippen LogP contribution in [0.1, 0.15) is 5.69 Å². The van der Waals surface area contributed by atoms with Crippen LogP contribution in [0, 0.1) is 12.7 Å². The van der Waals surface area contributed by atoms with E-state index in [2.05, 4.69) is 4.98 Å². The second kappa shape index (κ2) is 4.66. The first kappa shape index (κ1) is 13.8. The Morgan fingerprint density at radius 3 is 2.43 bits per heavy atom. The Bertz CT molecular complexity index is 928. The van der Waals surface area contributed by atoms with Crippen LogP contribution in [0.2, 0.25) is 0 Å². The first-order valence-corrected chi connectivity index (χ1v) is 8.19. The Morgan fingerprint density at radius 1 is 1.14 bits per heavy atom. The number of rotatable bonds is 2. The molecule has 108 valence electrons. The number of sulfone groups is 1. The van der Waals surface area contributed by atoms with Crippen LogP contribution >= 0.6 is 0 Å². The van der Waals surface area contributed by atoms with Gasteiger partial charge in [-0.2, -0.15) is 0 Å². The van der Waals surface area contributed by atoms with Gasteiger partial charge in [0.15, 0.2) is 9.84 Å². The van der Waals surface area contributed by atoms with E-state index in [1.807, 2.05) is 13.1 Å². The number of imidazole rings is 1. The number of hydrogen-bond acceptors (Lipinski definition) is 3. The molecule has 3 rings (SSSR count). The monoisotopic (exact) mass is 304 g/mol. The zero-order valence-corrected chi connectivity index (χ0v) is 12.4. The average molecular weight is 304 g/mol. The molecule has 0 bridgehead atoms. The summed E-state index contributed by atoms with van der Waals surface area (Å²) in [6, 6.07) is 7.53. The molecular weight excluding hydrogens is 291 g/mol. The van der Waals surface area contributed by atoms with Crippen molar-refractivity contribution in [1.29, 1.82) is 0 Å². The summed E-state index contributed by atoms with van der Waals surface area (Å²) in [7, 11) is -3.25. The van der Waals surface area contributed by atoms with Crippen molar-refractivity contribution in [3.05, 3.63) is 54.2 Å². The van der Waals surface area contributed by atoms with Gasteiger partial charge in [-0.1, -0.05) is 12.1 Å². The Kier molecular flexibility index (Phi) is 3.06. The van der Waals surface area contributed by atoms with E-state index in [-0.39, 0.29) is 10.7 Å². The molecule has 0 aliphatic heterocycles. The first-order valence-electron chi connectivity index (χ1n) is 6.30. The number of aromatic nitrogens is 2. The number of hydrogen-bond donors (Lipinski definition) is 0. The summed E-state index contributed by atoms with van der Waals surface area (Å²) in [6.45, 7) is 1.84. The first-order chi connectivity index (χ1) is 9.84. The number of fused-ring (bicyclic) bond motifs is 1. The zero-order valence-electron chi connectivity index (χ0n) is 11.5. The zero-order chi connectivity index (χ0) is 15.2. The lowest BCUT2D eigenvalue weighted by atomic mass is 10.1. The number of halogens is 1. The van der Waals surface area contributed by atoms with Crippen molar-refractivity contribution in [2.45, 2.75) is 11.8 Å². The molecule has 0 N–H and O–H groups in total. The van der Waals surface area contributed by atoms with Gasteiger partial charge in [0, 0.05) is 30.3 Å². The topological polar surface area (TPSA) is 51.4 Å². The van der Waals surface area contributed by atoms with Crippen LogP contribution in [0.5, 0.6) is 0 Å². The summed E-state index contributed by atoms with van der Waals surface area (Å²) < 4.78 is 38.8. The molecule has 1 aromatic carbocycles. The van der Waals surface area contributed by atoms with E-state index in [1.54, 1.807) is 22.7 Å². The molecule has 0 radical (unpaired) electrons. The summed E-state index contributed by atoms with van der Waals surface area (Å²) in [6.07, 6.45) is 4.60. The molecule has 3 aromatic rings. The second-order valence-corrected chi connectivity index (χ2v) is 7.00. The van der Waals surface area contributed by atoms with E-state index in [1.165, 1.54) is 18.2 Å². The summed E-state index contributed by atoms with van der Waals surface area (Å²) in [5.41, 5.74) is 2.37. The van der Waals surface area contributed by atoms with E-state index in [9.17, 15) is 12.8 Å². The van der Waals surface area contributed by atoms with E-state index in [0.29, 0.717) is 16.8 Å². The highest BCUT2D eigenvalue weighted by Crippen LogP contribution is 2.25. The fourth-order valence-corrected chi connectivity index (χ4v) is 2.86. The van der Waals surface area contributed by atoms with Crippen molar-refractivity contribution in [2.75, 3.05) is 6.26 Å². The summed E-state index contributed by atoms with van der Waals surface area (Å²) in [5.74, 6) is -0.389. The number of aryl methyl sites for hydroxylation is 1. The predicted octanol–water partition coefficient (Wildman–Crippen LogP) is 2.85. The molecule has 0 saturated carbocycles. The average Bonchev–Trinajstić information content (AvgIpc) is 2.76. The molecule has 21 heavy (non-hydrogen) atoms. The van der Waals surface area contributed by atoms with Crippen LogP contribution in [-0.2, 0) is 9.84 Å². The smallest absolute Gasteiger partial charge is 0.175 e. The lowest BCUT2D eigenvalue weighted by molar-refractivity contribution is 0.602. The van der Waals surface area contributed by atoms with E-state index >= 15 is 0 Å². The lowest BCUT2D eigenvalue weighted by Crippen LogP contribution is -1.97. The second-order valence-electron chi connectivity index (χ2n) is 4.98. The van der Waals surface area contributed by atoms with Gasteiger partial charge in [0.25, 0.3) is 0 Å². The molecule has 0 atom stereocenters. The van der Waals surface area contributed by atoms with E-state index in [4.69, 9.17) is 0 Å². The predicted molar refractivity (Wildman–Crippen MR) is 78.4 cm³/mol. The molecule has 2 heterocycles. The van der Waals surface area contributed by atoms with E-state index < -0.39 is 9.84 Å². The minimum Gasteiger partial charge on any atom is -0.306 e. The van der Waals surface area contributed by atoms with Crippen LogP contribution < -0.4 is 0 Å². The Balaban J connectivity index is 2.13. The van der Waals surface area contributed by atoms with Gasteiger partial charge in [-0.3, -0.25) is 0 Å². The normalized spacial score (nSPS) is 12.0. The third kappa shape index (κ3) is 2.54. The third-order valence-corrected chi connectivity index (χ3v) is 4.38. The Morgan fingerprint density at radius 2 is 1.81 bits per heavy atom. The summed E-state index contributed by atoms with van der Waals surface area (Å²) in [4.78, 5) is 4.41. The maximum atomic E-state index is 14.2. The third-order valence-electron chi connectivity index (χ3n) is 3.26. The van der Waals surface area contributed by atoms with Gasteiger partial charge in [0.2, 0.25) is 0 Å². The quantitative estimate of drug-likeness (QED) is 0.731. The van der Waals surface area contributed by atoms with Crippen LogP contribution in [0.4, 0.5) is 4.39 Å².